The van der Waals surface area contributed by atoms with E-state index in [0.29, 0.717) is 19.3 Å². The molecule has 0 aliphatic carbocycles. The molecule has 2 rings (SSSR count). The van der Waals surface area contributed by atoms with Gasteiger partial charge in [0.05, 0.1) is 6.61 Å². The Kier molecular flexibility index (Phi) is 7.64. The monoisotopic (exact) mass is 313 g/mol. The molecule has 0 saturated carbocycles. The van der Waals surface area contributed by atoms with E-state index in [-0.39, 0.29) is 0 Å². The van der Waals surface area contributed by atoms with E-state index in [9.17, 15) is 0 Å². The zero-order chi connectivity index (χ0) is 16.3. The summed E-state index contributed by atoms with van der Waals surface area (Å²) >= 11 is 0. The van der Waals surface area contributed by atoms with E-state index in [1.165, 1.54) is 11.1 Å². The number of ether oxygens (including phenoxy) is 2. The molecular weight excluding hydrogens is 286 g/mol. The Morgan fingerprint density at radius 2 is 1.65 bits per heavy atom. The Balaban J connectivity index is 1.85. The maximum atomic E-state index is 5.66. The lowest BCUT2D eigenvalue weighted by Gasteiger charge is -2.18. The van der Waals surface area contributed by atoms with Gasteiger partial charge in [-0.2, -0.15) is 0 Å². The zero-order valence-corrected chi connectivity index (χ0v) is 14.1. The maximum Gasteiger partial charge on any atom is 0.119 e. The third-order valence-electron chi connectivity index (χ3n) is 3.79. The van der Waals surface area contributed by atoms with Crippen LogP contribution in [-0.4, -0.2) is 19.8 Å². The fraction of sp³-hybridized carbons (Fsp3) is 0.400. The third kappa shape index (κ3) is 6.05. The minimum atomic E-state index is 0.354. The highest BCUT2D eigenvalue weighted by Gasteiger charge is 2.08. The molecule has 0 aliphatic rings. The van der Waals surface area contributed by atoms with Crippen LogP contribution in [0.25, 0.3) is 0 Å². The first-order valence-corrected chi connectivity index (χ1v) is 8.41. The summed E-state index contributed by atoms with van der Waals surface area (Å²) in [6, 6.07) is 19.2. The molecule has 0 fully saturated rings. The van der Waals surface area contributed by atoms with Crippen molar-refractivity contribution in [1.82, 2.24) is 5.32 Å². The van der Waals surface area contributed by atoms with E-state index < -0.39 is 0 Å². The highest BCUT2D eigenvalue weighted by atomic mass is 16.5. The molecule has 0 spiro atoms. The van der Waals surface area contributed by atoms with Crippen LogP contribution in [-0.2, 0) is 11.3 Å². The van der Waals surface area contributed by atoms with Crippen LogP contribution in [0.5, 0.6) is 5.75 Å². The first-order chi connectivity index (χ1) is 11.3. The molecule has 1 atom stereocenters. The second kappa shape index (κ2) is 10.0. The Morgan fingerprint density at radius 1 is 0.913 bits per heavy atom. The number of benzene rings is 2. The molecule has 0 aliphatic heterocycles. The second-order valence-electron chi connectivity index (χ2n) is 5.44. The summed E-state index contributed by atoms with van der Waals surface area (Å²) in [4.78, 5) is 0. The zero-order valence-electron chi connectivity index (χ0n) is 14.1. The van der Waals surface area contributed by atoms with Crippen molar-refractivity contribution in [2.24, 2.45) is 0 Å². The van der Waals surface area contributed by atoms with E-state index in [1.54, 1.807) is 0 Å². The lowest BCUT2D eigenvalue weighted by Crippen LogP contribution is -2.20. The van der Waals surface area contributed by atoms with Crippen molar-refractivity contribution in [3.8, 4) is 5.75 Å². The molecule has 0 bridgehead atoms. The quantitative estimate of drug-likeness (QED) is 0.662. The van der Waals surface area contributed by atoms with Crippen molar-refractivity contribution in [3.05, 3.63) is 65.7 Å². The van der Waals surface area contributed by atoms with Crippen LogP contribution < -0.4 is 10.1 Å². The average molecular weight is 313 g/mol. The number of rotatable bonds is 10. The van der Waals surface area contributed by atoms with Crippen molar-refractivity contribution >= 4 is 0 Å². The van der Waals surface area contributed by atoms with Crippen molar-refractivity contribution < 1.29 is 9.47 Å². The van der Waals surface area contributed by atoms with Crippen molar-refractivity contribution in [2.45, 2.75) is 32.9 Å². The van der Waals surface area contributed by atoms with Gasteiger partial charge < -0.3 is 14.8 Å². The fourth-order valence-electron chi connectivity index (χ4n) is 2.49. The molecule has 0 saturated heterocycles. The highest BCUT2D eigenvalue weighted by Crippen LogP contribution is 2.20. The Hall–Kier alpha value is -1.84. The van der Waals surface area contributed by atoms with Gasteiger partial charge in [0.25, 0.3) is 0 Å². The molecule has 0 aromatic heterocycles. The molecule has 3 heteroatoms. The molecular formula is C20H27NO2. The van der Waals surface area contributed by atoms with Crippen LogP contribution in [0, 0.1) is 0 Å². The van der Waals surface area contributed by atoms with E-state index in [2.05, 4.69) is 48.6 Å². The minimum absolute atomic E-state index is 0.354. The van der Waals surface area contributed by atoms with Gasteiger partial charge in [-0.1, -0.05) is 49.4 Å². The van der Waals surface area contributed by atoms with Crippen LogP contribution in [0.1, 0.15) is 37.4 Å². The fourth-order valence-corrected chi connectivity index (χ4v) is 2.49. The minimum Gasteiger partial charge on any atom is -0.491 e. The molecule has 1 N–H and O–H groups in total. The van der Waals surface area contributed by atoms with E-state index in [0.717, 1.165) is 25.3 Å². The molecule has 2 aromatic carbocycles. The van der Waals surface area contributed by atoms with E-state index >= 15 is 0 Å². The van der Waals surface area contributed by atoms with Gasteiger partial charge in [-0.05, 0) is 36.6 Å². The Labute approximate surface area is 139 Å². The van der Waals surface area contributed by atoms with Crippen molar-refractivity contribution in [2.75, 3.05) is 19.8 Å². The predicted octanol–water partition coefficient (Wildman–Crippen LogP) is 4.34. The molecule has 0 heterocycles. The lowest BCUT2D eigenvalue weighted by molar-refractivity contribution is 0.110. The van der Waals surface area contributed by atoms with Gasteiger partial charge in [0, 0.05) is 19.2 Å². The number of hydrogen-bond donors (Lipinski definition) is 1. The largest absolute Gasteiger partial charge is 0.491 e. The standard InChI is InChI=1S/C20H27NO2/c1-3-20(21-16-17-8-6-5-7-9-17)18-10-12-19(13-11-18)23-15-14-22-4-2/h5-13,20-21H,3-4,14-16H2,1-2H3. The smallest absolute Gasteiger partial charge is 0.119 e. The Bertz CT molecular complexity index is 539. The van der Waals surface area contributed by atoms with Gasteiger partial charge in [-0.3, -0.25) is 0 Å². The molecule has 3 nitrogen and oxygen atoms in total. The van der Waals surface area contributed by atoms with Crippen molar-refractivity contribution in [1.29, 1.82) is 0 Å². The summed E-state index contributed by atoms with van der Waals surface area (Å²) in [5, 5.41) is 3.62. The topological polar surface area (TPSA) is 30.5 Å². The maximum absolute atomic E-state index is 5.66. The van der Waals surface area contributed by atoms with Gasteiger partial charge in [-0.25, -0.2) is 0 Å². The summed E-state index contributed by atoms with van der Waals surface area (Å²) < 4.78 is 10.9. The number of nitrogens with one attached hydrogen (secondary N) is 1. The molecule has 0 radical (unpaired) electrons. The van der Waals surface area contributed by atoms with Gasteiger partial charge in [-0.15, -0.1) is 0 Å². The van der Waals surface area contributed by atoms with E-state index in [4.69, 9.17) is 9.47 Å². The number of hydrogen-bond acceptors (Lipinski definition) is 3. The Morgan fingerprint density at radius 3 is 2.30 bits per heavy atom. The SMILES string of the molecule is CCOCCOc1ccc(C(CC)NCc2ccccc2)cc1. The second-order valence-corrected chi connectivity index (χ2v) is 5.44. The molecule has 124 valence electrons. The summed E-state index contributed by atoms with van der Waals surface area (Å²) in [7, 11) is 0. The first kappa shape index (κ1) is 17.5. The summed E-state index contributed by atoms with van der Waals surface area (Å²) in [6.45, 7) is 7.03. The lowest BCUT2D eigenvalue weighted by atomic mass is 10.0. The van der Waals surface area contributed by atoms with E-state index in [1.807, 2.05) is 25.1 Å². The van der Waals surface area contributed by atoms with Gasteiger partial charge in [0.15, 0.2) is 0 Å². The van der Waals surface area contributed by atoms with Crippen LogP contribution in [0.2, 0.25) is 0 Å². The van der Waals surface area contributed by atoms with Crippen molar-refractivity contribution in [3.63, 3.8) is 0 Å². The van der Waals surface area contributed by atoms with Crippen LogP contribution in [0.15, 0.2) is 54.6 Å². The third-order valence-corrected chi connectivity index (χ3v) is 3.79. The van der Waals surface area contributed by atoms with Gasteiger partial charge in [0.1, 0.15) is 12.4 Å². The van der Waals surface area contributed by atoms with Crippen LogP contribution >= 0.6 is 0 Å². The average Bonchev–Trinajstić information content (AvgIpc) is 2.61. The molecule has 0 amide bonds. The summed E-state index contributed by atoms with van der Waals surface area (Å²) in [6.07, 6.45) is 1.05. The summed E-state index contributed by atoms with van der Waals surface area (Å²) in [5.74, 6) is 0.895. The molecule has 1 unspecified atom stereocenters. The van der Waals surface area contributed by atoms with Crippen LogP contribution in [0.3, 0.4) is 0 Å². The molecule has 2 aromatic rings. The van der Waals surface area contributed by atoms with Gasteiger partial charge in [0.2, 0.25) is 0 Å². The summed E-state index contributed by atoms with van der Waals surface area (Å²) in [5.41, 5.74) is 2.60. The normalized spacial score (nSPS) is 12.1. The van der Waals surface area contributed by atoms with Crippen LogP contribution in [0.4, 0.5) is 0 Å². The first-order valence-electron chi connectivity index (χ1n) is 8.41. The van der Waals surface area contributed by atoms with Gasteiger partial charge >= 0.3 is 0 Å². The predicted molar refractivity (Wildman–Crippen MR) is 94.7 cm³/mol. The molecule has 23 heavy (non-hydrogen) atoms. The highest BCUT2D eigenvalue weighted by molar-refractivity contribution is 5.29.